The molecular weight excluding hydrogens is 216 g/mol. The van der Waals surface area contributed by atoms with Crippen LogP contribution >= 0.6 is 11.3 Å². The van der Waals surface area contributed by atoms with Crippen LogP contribution in [0.15, 0.2) is 36.7 Å². The van der Waals surface area contributed by atoms with Crippen molar-refractivity contribution in [3.8, 4) is 11.1 Å². The van der Waals surface area contributed by atoms with Crippen molar-refractivity contribution in [3.05, 3.63) is 47.7 Å². The van der Waals surface area contributed by atoms with E-state index in [2.05, 4.69) is 35.2 Å². The molecule has 0 atom stereocenters. The summed E-state index contributed by atoms with van der Waals surface area (Å²) in [5, 5.41) is 1.02. The monoisotopic (exact) mass is 225 g/mol. The molecule has 0 saturated heterocycles. The van der Waals surface area contributed by atoms with E-state index >= 15 is 0 Å². The Morgan fingerprint density at radius 2 is 2.00 bits per heavy atom. The molecule has 2 nitrogen and oxygen atoms in total. The van der Waals surface area contributed by atoms with Crippen LogP contribution < -0.4 is 0 Å². The molecule has 0 spiro atoms. The second-order valence-electron chi connectivity index (χ2n) is 3.56. The van der Waals surface area contributed by atoms with Crippen LogP contribution in [-0.2, 0) is 0 Å². The summed E-state index contributed by atoms with van der Waals surface area (Å²) in [7, 11) is 0. The van der Waals surface area contributed by atoms with Gasteiger partial charge >= 0.3 is 0 Å². The summed E-state index contributed by atoms with van der Waals surface area (Å²) in [6, 6.07) is 10.3. The lowest BCUT2D eigenvalue weighted by Crippen LogP contribution is -1.80. The van der Waals surface area contributed by atoms with Crippen molar-refractivity contribution in [2.24, 2.45) is 0 Å². The van der Waals surface area contributed by atoms with Crippen LogP contribution in [0.2, 0.25) is 0 Å². The van der Waals surface area contributed by atoms with Gasteiger partial charge in [-0.1, -0.05) is 30.3 Å². The third-order valence-electron chi connectivity index (χ3n) is 2.54. The Morgan fingerprint density at radius 1 is 1.19 bits per heavy atom. The predicted octanol–water partition coefficient (Wildman–Crippen LogP) is 3.47. The highest BCUT2D eigenvalue weighted by Crippen LogP contribution is 2.36. The van der Waals surface area contributed by atoms with E-state index in [1.807, 2.05) is 18.2 Å². The van der Waals surface area contributed by atoms with Gasteiger partial charge < -0.3 is 0 Å². The first-order valence-corrected chi connectivity index (χ1v) is 5.85. The number of fused-ring (bicyclic) bond motifs is 1. The standard InChI is InChI=1S/C13H9N2S/c1-9-12(10-5-3-2-4-6-10)11-7-14-8-15-13(11)16-9/h2-6,8H,1H3. The Balaban J connectivity index is 2.35. The summed E-state index contributed by atoms with van der Waals surface area (Å²) < 4.78 is 0. The number of thiophene rings is 1. The second-order valence-corrected chi connectivity index (χ2v) is 4.77. The Bertz CT molecular complexity index is 629. The maximum Gasteiger partial charge on any atom is 0.128 e. The van der Waals surface area contributed by atoms with Gasteiger partial charge in [-0.3, -0.25) is 0 Å². The molecule has 77 valence electrons. The molecule has 1 radical (unpaired) electrons. The normalized spacial score (nSPS) is 10.8. The number of hydrogen-bond acceptors (Lipinski definition) is 3. The molecule has 0 unspecified atom stereocenters. The molecule has 0 N–H and O–H groups in total. The van der Waals surface area contributed by atoms with Crippen LogP contribution in [0, 0.1) is 13.1 Å². The van der Waals surface area contributed by atoms with Crippen LogP contribution in [0.1, 0.15) is 4.88 Å². The van der Waals surface area contributed by atoms with Gasteiger partial charge in [-0.2, -0.15) is 0 Å². The summed E-state index contributed by atoms with van der Waals surface area (Å²) in [6.07, 6.45) is 4.59. The number of rotatable bonds is 1. The molecule has 0 aliphatic rings. The topological polar surface area (TPSA) is 25.8 Å². The zero-order chi connectivity index (χ0) is 11.0. The first kappa shape index (κ1) is 9.48. The molecule has 3 rings (SSSR count). The van der Waals surface area contributed by atoms with Crippen LogP contribution in [0.5, 0.6) is 0 Å². The van der Waals surface area contributed by atoms with Gasteiger partial charge in [0, 0.05) is 15.8 Å². The molecule has 0 bridgehead atoms. The number of benzene rings is 1. The first-order chi connectivity index (χ1) is 7.86. The molecule has 16 heavy (non-hydrogen) atoms. The van der Waals surface area contributed by atoms with Gasteiger partial charge in [0.25, 0.3) is 0 Å². The van der Waals surface area contributed by atoms with E-state index in [0.29, 0.717) is 0 Å². The zero-order valence-electron chi connectivity index (χ0n) is 8.77. The minimum atomic E-state index is 1.01. The van der Waals surface area contributed by atoms with E-state index in [0.717, 1.165) is 10.2 Å². The summed E-state index contributed by atoms with van der Waals surface area (Å²) in [5.74, 6) is 0. The molecule has 3 heteroatoms. The van der Waals surface area contributed by atoms with E-state index in [1.54, 1.807) is 17.7 Å². The molecule has 0 fully saturated rings. The van der Waals surface area contributed by atoms with Crippen molar-refractivity contribution in [1.29, 1.82) is 0 Å². The summed E-state index contributed by atoms with van der Waals surface area (Å²) in [5.41, 5.74) is 2.42. The summed E-state index contributed by atoms with van der Waals surface area (Å²) >= 11 is 1.69. The van der Waals surface area contributed by atoms with E-state index in [4.69, 9.17) is 0 Å². The molecule has 0 aliphatic heterocycles. The maximum atomic E-state index is 4.26. The molecule has 3 aromatic rings. The Hall–Kier alpha value is -1.74. The summed E-state index contributed by atoms with van der Waals surface area (Å²) in [6.45, 7) is 2.11. The summed E-state index contributed by atoms with van der Waals surface area (Å²) in [4.78, 5) is 10.5. The van der Waals surface area contributed by atoms with Crippen LogP contribution in [0.4, 0.5) is 0 Å². The molecule has 2 heterocycles. The van der Waals surface area contributed by atoms with Gasteiger partial charge in [0.2, 0.25) is 0 Å². The van der Waals surface area contributed by atoms with Gasteiger partial charge in [0.05, 0.1) is 0 Å². The van der Waals surface area contributed by atoms with Crippen LogP contribution in [-0.4, -0.2) is 9.97 Å². The fourth-order valence-corrected chi connectivity index (χ4v) is 2.81. The second kappa shape index (κ2) is 3.68. The minimum Gasteiger partial charge on any atom is -0.234 e. The van der Waals surface area contributed by atoms with Crippen LogP contribution in [0.3, 0.4) is 0 Å². The van der Waals surface area contributed by atoms with Crippen LogP contribution in [0.25, 0.3) is 21.3 Å². The highest BCUT2D eigenvalue weighted by atomic mass is 32.1. The van der Waals surface area contributed by atoms with Crippen molar-refractivity contribution >= 4 is 21.6 Å². The third-order valence-corrected chi connectivity index (χ3v) is 3.55. The average Bonchev–Trinajstić information content (AvgIpc) is 2.66. The zero-order valence-corrected chi connectivity index (χ0v) is 9.58. The van der Waals surface area contributed by atoms with Gasteiger partial charge in [-0.15, -0.1) is 11.3 Å². The first-order valence-electron chi connectivity index (χ1n) is 5.03. The number of aryl methyl sites for hydroxylation is 1. The van der Waals surface area contributed by atoms with Gasteiger partial charge in [0.15, 0.2) is 0 Å². The SMILES string of the molecule is Cc1sc2ncn[c]c2c1-c1ccccc1. The van der Waals surface area contributed by atoms with E-state index in [1.165, 1.54) is 16.0 Å². The maximum absolute atomic E-state index is 4.26. The molecule has 0 amide bonds. The van der Waals surface area contributed by atoms with E-state index in [-0.39, 0.29) is 0 Å². The van der Waals surface area contributed by atoms with Crippen molar-refractivity contribution in [3.63, 3.8) is 0 Å². The van der Waals surface area contributed by atoms with E-state index in [9.17, 15) is 0 Å². The highest BCUT2D eigenvalue weighted by Gasteiger charge is 2.11. The predicted molar refractivity (Wildman–Crippen MR) is 66.4 cm³/mol. The van der Waals surface area contributed by atoms with Crippen molar-refractivity contribution in [2.75, 3.05) is 0 Å². The number of aromatic nitrogens is 2. The average molecular weight is 225 g/mol. The largest absolute Gasteiger partial charge is 0.234 e. The number of hydrogen-bond donors (Lipinski definition) is 0. The van der Waals surface area contributed by atoms with Gasteiger partial charge in [-0.25, -0.2) is 9.97 Å². The van der Waals surface area contributed by atoms with Crippen molar-refractivity contribution < 1.29 is 0 Å². The Labute approximate surface area is 97.6 Å². The smallest absolute Gasteiger partial charge is 0.128 e. The molecule has 2 aromatic heterocycles. The highest BCUT2D eigenvalue weighted by molar-refractivity contribution is 7.19. The fraction of sp³-hybridized carbons (Fsp3) is 0.0769. The lowest BCUT2D eigenvalue weighted by molar-refractivity contribution is 1.22. The fourth-order valence-electron chi connectivity index (χ4n) is 1.85. The van der Waals surface area contributed by atoms with Crippen molar-refractivity contribution in [2.45, 2.75) is 6.92 Å². The Morgan fingerprint density at radius 3 is 2.81 bits per heavy atom. The van der Waals surface area contributed by atoms with E-state index < -0.39 is 0 Å². The lowest BCUT2D eigenvalue weighted by atomic mass is 10.0. The molecule has 0 saturated carbocycles. The van der Waals surface area contributed by atoms with Gasteiger partial charge in [0.1, 0.15) is 17.4 Å². The number of nitrogens with zero attached hydrogens (tertiary/aromatic N) is 2. The quantitative estimate of drug-likeness (QED) is 0.633. The molecule has 0 aliphatic carbocycles. The van der Waals surface area contributed by atoms with Gasteiger partial charge in [-0.05, 0) is 12.5 Å². The third kappa shape index (κ3) is 1.41. The molecular formula is C13H9N2S. The minimum absolute atomic E-state index is 1.01. The Kier molecular flexibility index (Phi) is 2.18. The molecule has 1 aromatic carbocycles. The lowest BCUT2D eigenvalue weighted by Gasteiger charge is -2.00. The van der Waals surface area contributed by atoms with Crippen molar-refractivity contribution in [1.82, 2.24) is 9.97 Å².